The molecule has 42 valence electrons. The van der Waals surface area contributed by atoms with Crippen LogP contribution in [0.15, 0.2) is 0 Å². The molecule has 1 rings (SSSR count). The van der Waals surface area contributed by atoms with E-state index in [1.54, 1.807) is 12.1 Å². The highest BCUT2D eigenvalue weighted by Crippen LogP contribution is 2.11. The number of likely N-dealkylation sites (N-methyl/N-ethyl adjacent to an activating group) is 1. The van der Waals surface area contributed by atoms with Crippen LogP contribution in [0.25, 0.3) is 0 Å². The van der Waals surface area contributed by atoms with E-state index in [9.17, 15) is 0 Å². The molecule has 7 heavy (non-hydrogen) atoms. The molecule has 1 N–H and O–H groups in total. The molecule has 0 aromatic heterocycles. The zero-order valence-corrected chi connectivity index (χ0v) is 5.46. The highest BCUT2D eigenvalue weighted by molar-refractivity contribution is 7.95. The molecule has 1 saturated heterocycles. The molecule has 0 bridgehead atoms. The monoisotopic (exact) mass is 118 g/mol. The van der Waals surface area contributed by atoms with Gasteiger partial charge in [0, 0.05) is 24.7 Å². The van der Waals surface area contributed by atoms with Crippen molar-refractivity contribution in [1.82, 2.24) is 9.03 Å². The Labute approximate surface area is 48.5 Å². The number of hydrogen-bond acceptors (Lipinski definition) is 3. The van der Waals surface area contributed by atoms with Gasteiger partial charge in [0.2, 0.25) is 0 Å². The van der Waals surface area contributed by atoms with Crippen LogP contribution in [0, 0.1) is 0 Å². The number of hydrogen-bond donors (Lipinski definition) is 1. The third kappa shape index (κ3) is 1.33. The molecular formula is C4H10N2S. The molecule has 0 spiro atoms. The molecule has 0 aromatic carbocycles. The number of nitrogens with one attached hydrogen (secondary N) is 1. The molecule has 3 heteroatoms. The van der Waals surface area contributed by atoms with E-state index in [0.717, 1.165) is 6.54 Å². The minimum absolute atomic E-state index is 0.662. The fourth-order valence-corrected chi connectivity index (χ4v) is 1.37. The van der Waals surface area contributed by atoms with E-state index in [1.807, 2.05) is 0 Å². The Hall–Kier alpha value is 0.270. The SMILES string of the molecule is C[C@H]1CN(C)SN1. The Morgan fingerprint density at radius 1 is 1.86 bits per heavy atom. The summed E-state index contributed by atoms with van der Waals surface area (Å²) in [7, 11) is 2.08. The van der Waals surface area contributed by atoms with Crippen molar-refractivity contribution in [3.05, 3.63) is 0 Å². The Bertz CT molecular complexity index is 58.7. The first-order valence-corrected chi connectivity index (χ1v) is 3.20. The van der Waals surface area contributed by atoms with E-state index in [-0.39, 0.29) is 0 Å². The van der Waals surface area contributed by atoms with Gasteiger partial charge in [-0.15, -0.1) is 0 Å². The molecule has 1 fully saturated rings. The van der Waals surface area contributed by atoms with Crippen LogP contribution in [0.4, 0.5) is 0 Å². The predicted molar refractivity (Wildman–Crippen MR) is 32.8 cm³/mol. The molecule has 0 aromatic rings. The van der Waals surface area contributed by atoms with Crippen molar-refractivity contribution >= 4 is 12.1 Å². The minimum atomic E-state index is 0.662. The summed E-state index contributed by atoms with van der Waals surface area (Å²) in [5, 5.41) is 0. The highest BCUT2D eigenvalue weighted by Gasteiger charge is 2.13. The second kappa shape index (κ2) is 2.03. The van der Waals surface area contributed by atoms with Crippen LogP contribution >= 0.6 is 12.1 Å². The zero-order valence-electron chi connectivity index (χ0n) is 4.64. The topological polar surface area (TPSA) is 15.3 Å². The van der Waals surface area contributed by atoms with E-state index < -0.39 is 0 Å². The van der Waals surface area contributed by atoms with Crippen LogP contribution in [0.2, 0.25) is 0 Å². The van der Waals surface area contributed by atoms with E-state index in [1.165, 1.54) is 0 Å². The molecule has 1 heterocycles. The molecule has 0 aliphatic carbocycles. The van der Waals surface area contributed by atoms with Gasteiger partial charge in [0.15, 0.2) is 0 Å². The number of nitrogens with zero attached hydrogens (tertiary/aromatic N) is 1. The highest BCUT2D eigenvalue weighted by atomic mass is 32.2. The van der Waals surface area contributed by atoms with Crippen LogP contribution in [0.3, 0.4) is 0 Å². The quantitative estimate of drug-likeness (QED) is 0.466. The number of rotatable bonds is 0. The fraction of sp³-hybridized carbons (Fsp3) is 1.00. The summed E-state index contributed by atoms with van der Waals surface area (Å²) in [4.78, 5) is 0. The molecule has 0 amide bonds. The lowest BCUT2D eigenvalue weighted by Gasteiger charge is -1.99. The lowest BCUT2D eigenvalue weighted by Crippen LogP contribution is -2.16. The maximum absolute atomic E-state index is 3.21. The van der Waals surface area contributed by atoms with Crippen molar-refractivity contribution < 1.29 is 0 Å². The standard InChI is InChI=1S/C4H10N2S/c1-4-3-6(2)7-5-4/h4-5H,3H2,1-2H3/t4-/m0/s1. The fourth-order valence-electron chi connectivity index (χ4n) is 0.640. The predicted octanol–water partition coefficient (Wildman–Crippen LogP) is 0.473. The van der Waals surface area contributed by atoms with E-state index in [4.69, 9.17) is 0 Å². The van der Waals surface area contributed by atoms with Crippen LogP contribution in [-0.4, -0.2) is 23.9 Å². The summed E-state index contributed by atoms with van der Waals surface area (Å²) >= 11 is 1.69. The third-order valence-electron chi connectivity index (χ3n) is 0.941. The Kier molecular flexibility index (Phi) is 1.57. The van der Waals surface area contributed by atoms with Gasteiger partial charge in [-0.2, -0.15) is 0 Å². The summed E-state index contributed by atoms with van der Waals surface area (Å²) in [6.45, 7) is 3.33. The third-order valence-corrected chi connectivity index (χ3v) is 1.91. The zero-order chi connectivity index (χ0) is 5.28. The first-order chi connectivity index (χ1) is 3.29. The van der Waals surface area contributed by atoms with Gasteiger partial charge in [-0.3, -0.25) is 0 Å². The molecule has 0 saturated carbocycles. The summed E-state index contributed by atoms with van der Waals surface area (Å²) in [5.41, 5.74) is 0. The van der Waals surface area contributed by atoms with Gasteiger partial charge < -0.3 is 0 Å². The smallest absolute Gasteiger partial charge is 0.0292 e. The van der Waals surface area contributed by atoms with Crippen molar-refractivity contribution in [3.63, 3.8) is 0 Å². The van der Waals surface area contributed by atoms with Crippen LogP contribution < -0.4 is 4.72 Å². The van der Waals surface area contributed by atoms with Crippen molar-refractivity contribution in [2.24, 2.45) is 0 Å². The summed E-state index contributed by atoms with van der Waals surface area (Å²) < 4.78 is 5.40. The molecule has 1 aliphatic heterocycles. The second-order valence-electron chi connectivity index (χ2n) is 1.92. The lowest BCUT2D eigenvalue weighted by atomic mass is 10.4. The van der Waals surface area contributed by atoms with E-state index in [2.05, 4.69) is 23.0 Å². The minimum Gasteiger partial charge on any atom is -0.246 e. The van der Waals surface area contributed by atoms with E-state index in [0.29, 0.717) is 6.04 Å². The van der Waals surface area contributed by atoms with Crippen molar-refractivity contribution in [2.75, 3.05) is 13.6 Å². The van der Waals surface area contributed by atoms with Crippen molar-refractivity contribution in [3.8, 4) is 0 Å². The summed E-state index contributed by atoms with van der Waals surface area (Å²) in [6, 6.07) is 0.662. The maximum Gasteiger partial charge on any atom is 0.0292 e. The summed E-state index contributed by atoms with van der Waals surface area (Å²) in [5.74, 6) is 0. The van der Waals surface area contributed by atoms with Gasteiger partial charge in [-0.05, 0) is 14.0 Å². The van der Waals surface area contributed by atoms with Gasteiger partial charge in [0.1, 0.15) is 0 Å². The van der Waals surface area contributed by atoms with Crippen LogP contribution in [0.5, 0.6) is 0 Å². The molecule has 0 radical (unpaired) electrons. The summed E-state index contributed by atoms with van der Waals surface area (Å²) in [6.07, 6.45) is 0. The average Bonchev–Trinajstić information content (AvgIpc) is 1.87. The van der Waals surface area contributed by atoms with Crippen molar-refractivity contribution in [1.29, 1.82) is 0 Å². The second-order valence-corrected chi connectivity index (χ2v) is 2.96. The molecular weight excluding hydrogens is 108 g/mol. The van der Waals surface area contributed by atoms with Gasteiger partial charge in [0.25, 0.3) is 0 Å². The molecule has 0 unspecified atom stereocenters. The average molecular weight is 118 g/mol. The largest absolute Gasteiger partial charge is 0.246 e. The Morgan fingerprint density at radius 3 is 2.71 bits per heavy atom. The van der Waals surface area contributed by atoms with Gasteiger partial charge in [-0.1, -0.05) is 0 Å². The first-order valence-electron chi connectivity index (χ1n) is 2.42. The van der Waals surface area contributed by atoms with Crippen LogP contribution in [0.1, 0.15) is 6.92 Å². The maximum atomic E-state index is 3.21. The van der Waals surface area contributed by atoms with Gasteiger partial charge >= 0.3 is 0 Å². The molecule has 1 aliphatic rings. The van der Waals surface area contributed by atoms with Gasteiger partial charge in [-0.25, -0.2) is 9.03 Å². The lowest BCUT2D eigenvalue weighted by molar-refractivity contribution is 0.546. The molecule has 1 atom stereocenters. The normalized spacial score (nSPS) is 34.3. The van der Waals surface area contributed by atoms with Crippen LogP contribution in [-0.2, 0) is 0 Å². The first kappa shape index (κ1) is 5.41. The van der Waals surface area contributed by atoms with Gasteiger partial charge in [0.05, 0.1) is 0 Å². The van der Waals surface area contributed by atoms with Crippen molar-refractivity contribution in [2.45, 2.75) is 13.0 Å². The Balaban J connectivity index is 2.26. The van der Waals surface area contributed by atoms with E-state index >= 15 is 0 Å². The molecule has 2 nitrogen and oxygen atoms in total. The Morgan fingerprint density at radius 2 is 2.57 bits per heavy atom.